The molecule has 2 aromatic carbocycles. The number of benzene rings is 2. The van der Waals surface area contributed by atoms with Crippen LogP contribution in [0.1, 0.15) is 43.6 Å². The monoisotopic (exact) mass is 539 g/mol. The van der Waals surface area contributed by atoms with Crippen molar-refractivity contribution < 1.29 is 9.90 Å². The van der Waals surface area contributed by atoms with E-state index in [-0.39, 0.29) is 18.5 Å². The largest absolute Gasteiger partial charge is 0.508 e. The number of hydrogen-bond donors (Lipinski definition) is 2. The molecule has 2 atom stereocenters. The molecule has 194 valence electrons. The van der Waals surface area contributed by atoms with Gasteiger partial charge >= 0.3 is 0 Å². The van der Waals surface area contributed by atoms with Gasteiger partial charge in [0.05, 0.1) is 28.1 Å². The summed E-state index contributed by atoms with van der Waals surface area (Å²) in [6, 6.07) is 11.9. The topological polar surface area (TPSA) is 81.6 Å². The van der Waals surface area contributed by atoms with Crippen LogP contribution in [-0.4, -0.2) is 69.0 Å². The first kappa shape index (κ1) is 24.7. The van der Waals surface area contributed by atoms with Crippen LogP contribution in [0.3, 0.4) is 0 Å². The summed E-state index contributed by atoms with van der Waals surface area (Å²) in [5, 5.41) is 15.1. The van der Waals surface area contributed by atoms with E-state index in [1.165, 1.54) is 19.2 Å². The van der Waals surface area contributed by atoms with Crippen LogP contribution in [0.15, 0.2) is 42.7 Å². The van der Waals surface area contributed by atoms with Gasteiger partial charge in [0.25, 0.3) is 0 Å². The first-order chi connectivity index (χ1) is 18.0. The van der Waals surface area contributed by atoms with Crippen molar-refractivity contribution in [2.24, 2.45) is 5.92 Å². The molecule has 37 heavy (non-hydrogen) atoms. The molecular weight excluding hydrogens is 509 g/mol. The van der Waals surface area contributed by atoms with Gasteiger partial charge in [-0.1, -0.05) is 41.4 Å². The number of amides is 1. The molecule has 0 bridgehead atoms. The molecule has 2 N–H and O–H groups in total. The number of para-hydroxylation sites is 1. The number of rotatable bonds is 6. The summed E-state index contributed by atoms with van der Waals surface area (Å²) in [7, 11) is 0. The molecule has 3 aromatic rings. The minimum atomic E-state index is 0.107. The number of aromatic hydroxyl groups is 1. The molecule has 7 nitrogen and oxygen atoms in total. The van der Waals surface area contributed by atoms with Gasteiger partial charge in [0.2, 0.25) is 5.91 Å². The van der Waals surface area contributed by atoms with Crippen molar-refractivity contribution in [1.29, 1.82) is 0 Å². The lowest BCUT2D eigenvalue weighted by atomic mass is 9.87. The molecule has 3 heterocycles. The minimum Gasteiger partial charge on any atom is -0.508 e. The van der Waals surface area contributed by atoms with Crippen LogP contribution >= 0.6 is 23.2 Å². The average molecular weight is 540 g/mol. The number of aromatic nitrogens is 2. The fourth-order valence-electron chi connectivity index (χ4n) is 6.32. The second-order valence-corrected chi connectivity index (χ2v) is 11.3. The van der Waals surface area contributed by atoms with Crippen molar-refractivity contribution in [3.05, 3.63) is 58.3 Å². The van der Waals surface area contributed by atoms with Gasteiger partial charge < -0.3 is 15.3 Å². The molecule has 1 aromatic heterocycles. The van der Waals surface area contributed by atoms with Gasteiger partial charge in [-0.15, -0.1) is 0 Å². The van der Waals surface area contributed by atoms with E-state index in [4.69, 9.17) is 23.2 Å². The van der Waals surface area contributed by atoms with Crippen molar-refractivity contribution in [3.8, 4) is 5.75 Å². The third-order valence-corrected chi connectivity index (χ3v) is 9.03. The Morgan fingerprint density at radius 1 is 1.00 bits per heavy atom. The van der Waals surface area contributed by atoms with Crippen LogP contribution in [-0.2, 0) is 4.79 Å². The Kier molecular flexibility index (Phi) is 6.86. The molecule has 0 radical (unpaired) electrons. The molecule has 9 heteroatoms. The number of phenols is 1. The van der Waals surface area contributed by atoms with E-state index in [1.807, 2.05) is 12.1 Å². The van der Waals surface area contributed by atoms with Crippen molar-refractivity contribution in [2.45, 2.75) is 50.1 Å². The van der Waals surface area contributed by atoms with E-state index < -0.39 is 0 Å². The average Bonchev–Trinajstić information content (AvgIpc) is 3.66. The summed E-state index contributed by atoms with van der Waals surface area (Å²) in [6.45, 7) is 2.97. The highest BCUT2D eigenvalue weighted by Gasteiger charge is 2.48. The van der Waals surface area contributed by atoms with Gasteiger partial charge in [-0.3, -0.25) is 9.69 Å². The number of nitrogens with one attached hydrogen (secondary N) is 1. The van der Waals surface area contributed by atoms with Gasteiger partial charge in [-0.05, 0) is 80.8 Å². The third-order valence-electron chi connectivity index (χ3n) is 8.30. The van der Waals surface area contributed by atoms with Crippen LogP contribution in [0.4, 0.5) is 5.82 Å². The first-order valence-corrected chi connectivity index (χ1v) is 13.9. The van der Waals surface area contributed by atoms with Crippen LogP contribution in [0.25, 0.3) is 10.9 Å². The van der Waals surface area contributed by atoms with E-state index in [9.17, 15) is 9.90 Å². The maximum atomic E-state index is 13.4. The Morgan fingerprint density at radius 3 is 2.51 bits per heavy atom. The Balaban J connectivity index is 1.11. The second-order valence-electron chi connectivity index (χ2n) is 10.5. The fraction of sp³-hybridized carbons (Fsp3) is 0.464. The van der Waals surface area contributed by atoms with Crippen molar-refractivity contribution in [2.75, 3.05) is 31.5 Å². The number of anilines is 1. The lowest BCUT2D eigenvalue weighted by Crippen LogP contribution is -2.51. The predicted octanol–water partition coefficient (Wildman–Crippen LogP) is 5.31. The summed E-state index contributed by atoms with van der Waals surface area (Å²) < 4.78 is 0. The number of hydrogen-bond acceptors (Lipinski definition) is 6. The molecule has 2 aliphatic heterocycles. The van der Waals surface area contributed by atoms with Gasteiger partial charge in [-0.2, -0.15) is 0 Å². The number of piperidine rings is 1. The SMILES string of the molecule is O=C(CNc1ncnc2cc(Cl)c(Cl)cc12)N1CC[C@@H](N2CCC(c3ccccc3O)CC2)[C@@H]1C1CC1. The number of carbonyl (C=O) groups is 1. The zero-order valence-electron chi connectivity index (χ0n) is 20.6. The molecule has 1 amide bonds. The zero-order valence-corrected chi connectivity index (χ0v) is 22.1. The summed E-state index contributed by atoms with van der Waals surface area (Å²) in [4.78, 5) is 26.8. The highest BCUT2D eigenvalue weighted by molar-refractivity contribution is 6.42. The summed E-state index contributed by atoms with van der Waals surface area (Å²) in [5.74, 6) is 2.08. The molecule has 1 saturated carbocycles. The molecule has 3 aliphatic rings. The molecular formula is C28H31Cl2N5O2. The number of fused-ring (bicyclic) bond motifs is 1. The summed E-state index contributed by atoms with van der Waals surface area (Å²) >= 11 is 12.4. The molecule has 6 rings (SSSR count). The summed E-state index contributed by atoms with van der Waals surface area (Å²) in [5.41, 5.74) is 1.75. The van der Waals surface area contributed by atoms with E-state index in [0.29, 0.717) is 45.0 Å². The van der Waals surface area contributed by atoms with Gasteiger partial charge in [-0.25, -0.2) is 9.97 Å². The predicted molar refractivity (Wildman–Crippen MR) is 146 cm³/mol. The molecule has 1 aliphatic carbocycles. The number of halogens is 2. The van der Waals surface area contributed by atoms with Gasteiger partial charge in [0.1, 0.15) is 17.9 Å². The normalized spacial score (nSPS) is 23.0. The van der Waals surface area contributed by atoms with Gasteiger partial charge in [0.15, 0.2) is 0 Å². The van der Waals surface area contributed by atoms with Crippen molar-refractivity contribution in [1.82, 2.24) is 19.8 Å². The molecule has 2 saturated heterocycles. The first-order valence-electron chi connectivity index (χ1n) is 13.1. The quantitative estimate of drug-likeness (QED) is 0.441. The Hall–Kier alpha value is -2.61. The van der Waals surface area contributed by atoms with E-state index >= 15 is 0 Å². The molecule has 0 unspecified atom stereocenters. The van der Waals surface area contributed by atoms with Crippen LogP contribution < -0.4 is 5.32 Å². The fourth-order valence-corrected chi connectivity index (χ4v) is 6.64. The highest BCUT2D eigenvalue weighted by Crippen LogP contribution is 2.43. The van der Waals surface area contributed by atoms with E-state index in [1.54, 1.807) is 18.2 Å². The van der Waals surface area contributed by atoms with E-state index in [2.05, 4.69) is 31.2 Å². The molecule has 0 spiro atoms. The van der Waals surface area contributed by atoms with Crippen molar-refractivity contribution >= 4 is 45.8 Å². The Bertz CT molecular complexity index is 1310. The smallest absolute Gasteiger partial charge is 0.242 e. The lowest BCUT2D eigenvalue weighted by Gasteiger charge is -2.40. The standard InChI is InChI=1S/C28H31Cl2N5O2/c29-21-13-20-23(14-22(21)30)32-16-33-28(20)31-15-26(37)35-12-9-24(27(35)18-5-6-18)34-10-7-17(8-11-34)19-3-1-2-4-25(19)36/h1-4,13-14,16-18,24,27,36H,5-12,15H2,(H,31,32,33)/t24-,27+/m1/s1. The zero-order chi connectivity index (χ0) is 25.5. The van der Waals surface area contributed by atoms with E-state index in [0.717, 1.165) is 49.8 Å². The van der Waals surface area contributed by atoms with Gasteiger partial charge in [0, 0.05) is 18.0 Å². The number of carbonyl (C=O) groups excluding carboxylic acids is 1. The third kappa shape index (κ3) is 4.97. The maximum absolute atomic E-state index is 13.4. The summed E-state index contributed by atoms with van der Waals surface area (Å²) in [6.07, 6.45) is 6.95. The second kappa shape index (κ2) is 10.3. The van der Waals surface area contributed by atoms with Crippen molar-refractivity contribution in [3.63, 3.8) is 0 Å². The van der Waals surface area contributed by atoms with Crippen LogP contribution in [0, 0.1) is 5.92 Å². The molecule has 3 fully saturated rings. The van der Waals surface area contributed by atoms with Crippen LogP contribution in [0.2, 0.25) is 10.0 Å². The Labute approximate surface area is 226 Å². The highest BCUT2D eigenvalue weighted by atomic mass is 35.5. The van der Waals surface area contributed by atoms with Crippen LogP contribution in [0.5, 0.6) is 5.75 Å². The number of nitrogens with zero attached hydrogens (tertiary/aromatic N) is 4. The number of phenolic OH excluding ortho intramolecular Hbond substituents is 1. The minimum absolute atomic E-state index is 0.107. The number of likely N-dealkylation sites (tertiary alicyclic amines) is 2. The lowest BCUT2D eigenvalue weighted by molar-refractivity contribution is -0.131. The Morgan fingerprint density at radius 2 is 1.76 bits per heavy atom. The maximum Gasteiger partial charge on any atom is 0.242 e.